The van der Waals surface area contributed by atoms with E-state index in [9.17, 15) is 16.8 Å². The Kier molecular flexibility index (Phi) is 5.41. The molecule has 1 unspecified atom stereocenters. The molecule has 1 aliphatic rings. The molecule has 3 aromatic rings. The molecule has 2 aromatic carbocycles. The average Bonchev–Trinajstić information content (AvgIpc) is 3.27. The van der Waals surface area contributed by atoms with E-state index in [-0.39, 0.29) is 9.79 Å². The van der Waals surface area contributed by atoms with E-state index in [2.05, 4.69) is 24.8 Å². The van der Waals surface area contributed by atoms with E-state index in [1.807, 2.05) is 13.0 Å². The van der Waals surface area contributed by atoms with Gasteiger partial charge in [0.1, 0.15) is 6.33 Å². The van der Waals surface area contributed by atoms with Crippen molar-refractivity contribution in [1.29, 1.82) is 0 Å². The molecule has 3 N–H and O–H groups in total. The summed E-state index contributed by atoms with van der Waals surface area (Å²) in [7, 11) is -4.37. The highest BCUT2D eigenvalue weighted by atomic mass is 32.2. The van der Waals surface area contributed by atoms with Crippen LogP contribution in [0.4, 0.5) is 5.95 Å². The van der Waals surface area contributed by atoms with Crippen LogP contribution in [0.1, 0.15) is 18.1 Å². The molecule has 0 saturated carbocycles. The maximum absolute atomic E-state index is 12.0. The van der Waals surface area contributed by atoms with Crippen LogP contribution in [0.15, 0.2) is 70.7 Å². The van der Waals surface area contributed by atoms with E-state index in [0.717, 1.165) is 11.1 Å². The van der Waals surface area contributed by atoms with Gasteiger partial charge in [0.25, 0.3) is 0 Å². The zero-order valence-corrected chi connectivity index (χ0v) is 19.2. The lowest BCUT2D eigenvalue weighted by atomic mass is 9.89. The van der Waals surface area contributed by atoms with E-state index in [1.54, 1.807) is 41.1 Å². The van der Waals surface area contributed by atoms with Crippen molar-refractivity contribution in [2.75, 3.05) is 19.4 Å². The molecular formula is C20H22N6O4S2. The molecule has 0 radical (unpaired) electrons. The zero-order chi connectivity index (χ0) is 23.1. The van der Waals surface area contributed by atoms with Gasteiger partial charge < -0.3 is 5.32 Å². The Bertz CT molecular complexity index is 1400. The normalized spacial score (nSPS) is 18.5. The highest BCUT2D eigenvalue weighted by molar-refractivity contribution is 7.89. The van der Waals surface area contributed by atoms with E-state index in [0.29, 0.717) is 11.6 Å². The molecule has 0 amide bonds. The van der Waals surface area contributed by atoms with E-state index < -0.39 is 25.6 Å². The van der Waals surface area contributed by atoms with Crippen LogP contribution in [-0.4, -0.2) is 45.7 Å². The van der Waals surface area contributed by atoms with Crippen LogP contribution in [0, 0.1) is 0 Å². The molecule has 0 fully saturated rings. The Hall–Kier alpha value is -3.06. The predicted octanol–water partition coefficient (Wildman–Crippen LogP) is 1.32. The number of benzene rings is 2. The second-order valence-electron chi connectivity index (χ2n) is 7.32. The monoisotopic (exact) mass is 474 g/mol. The first-order chi connectivity index (χ1) is 15.1. The summed E-state index contributed by atoms with van der Waals surface area (Å²) >= 11 is 0. The average molecular weight is 475 g/mol. The van der Waals surface area contributed by atoms with Gasteiger partial charge in [0, 0.05) is 5.56 Å². The fourth-order valence-corrected chi connectivity index (χ4v) is 4.95. The quantitative estimate of drug-likeness (QED) is 0.490. The van der Waals surface area contributed by atoms with Gasteiger partial charge in [-0.1, -0.05) is 24.3 Å². The molecule has 0 spiro atoms. The van der Waals surface area contributed by atoms with Crippen molar-refractivity contribution in [3.63, 3.8) is 0 Å². The Morgan fingerprint density at radius 1 is 0.875 bits per heavy atom. The van der Waals surface area contributed by atoms with Crippen LogP contribution in [0.2, 0.25) is 0 Å². The molecule has 1 aliphatic heterocycles. The smallest absolute Gasteiger partial charge is 0.240 e. The minimum Gasteiger partial charge on any atom is -0.341 e. The molecule has 1 aromatic heterocycles. The summed E-state index contributed by atoms with van der Waals surface area (Å²) in [4.78, 5) is 4.60. The third-order valence-electron chi connectivity index (χ3n) is 5.33. The minimum absolute atomic E-state index is 0.154. The molecule has 168 valence electrons. The lowest BCUT2D eigenvalue weighted by Gasteiger charge is -2.34. The van der Waals surface area contributed by atoms with Crippen LogP contribution in [-0.2, 0) is 25.6 Å². The SMILES string of the molecule is CNS(=O)(=O)c1ccc(C2=CC(C)(c3ccc(S(=O)(=O)NC)cc3)Nc3ncnn32)cc1. The summed E-state index contributed by atoms with van der Waals surface area (Å²) in [5.74, 6) is 0.504. The number of nitrogens with zero attached hydrogens (tertiary/aromatic N) is 3. The molecule has 4 rings (SSSR count). The Balaban J connectivity index is 1.78. The van der Waals surface area contributed by atoms with Crippen molar-refractivity contribution in [2.24, 2.45) is 0 Å². The number of fused-ring (bicyclic) bond motifs is 1. The topological polar surface area (TPSA) is 135 Å². The molecule has 32 heavy (non-hydrogen) atoms. The number of rotatable bonds is 6. The third kappa shape index (κ3) is 3.81. The molecule has 0 aliphatic carbocycles. The van der Waals surface area contributed by atoms with Gasteiger partial charge in [-0.3, -0.25) is 0 Å². The van der Waals surface area contributed by atoms with Gasteiger partial charge in [0.05, 0.1) is 21.0 Å². The first kappa shape index (κ1) is 22.1. The highest BCUT2D eigenvalue weighted by Crippen LogP contribution is 2.36. The van der Waals surface area contributed by atoms with Crippen molar-refractivity contribution in [2.45, 2.75) is 22.3 Å². The van der Waals surface area contributed by atoms with Crippen LogP contribution in [0.25, 0.3) is 5.70 Å². The number of nitrogens with one attached hydrogen (secondary N) is 3. The molecule has 0 bridgehead atoms. The Labute approximate surface area is 186 Å². The van der Waals surface area contributed by atoms with Gasteiger partial charge in [0.15, 0.2) is 0 Å². The Morgan fingerprint density at radius 2 is 1.41 bits per heavy atom. The standard InChI is InChI=1S/C20H22N6O4S2/c1-20(15-6-10-17(11-7-15)32(29,30)22-3)12-18(26-19(25-20)23-13-24-26)14-4-8-16(9-5-14)31(27,28)21-2/h4-13,21-22H,1-3H3,(H,23,24,25). The van der Waals surface area contributed by atoms with Gasteiger partial charge in [-0.25, -0.2) is 26.3 Å². The highest BCUT2D eigenvalue weighted by Gasteiger charge is 2.32. The fraction of sp³-hybridized carbons (Fsp3) is 0.200. The summed E-state index contributed by atoms with van der Waals surface area (Å²) in [6.07, 6.45) is 3.36. The van der Waals surface area contributed by atoms with Crippen molar-refractivity contribution in [3.8, 4) is 0 Å². The minimum atomic E-state index is -3.55. The second-order valence-corrected chi connectivity index (χ2v) is 11.1. The molecular weight excluding hydrogens is 452 g/mol. The van der Waals surface area contributed by atoms with Crippen molar-refractivity contribution in [1.82, 2.24) is 24.2 Å². The van der Waals surface area contributed by atoms with Crippen LogP contribution in [0.5, 0.6) is 0 Å². The number of hydrogen-bond donors (Lipinski definition) is 3. The molecule has 1 atom stereocenters. The largest absolute Gasteiger partial charge is 0.341 e. The number of anilines is 1. The summed E-state index contributed by atoms with van der Waals surface area (Å²) in [6.45, 7) is 1.94. The Morgan fingerprint density at radius 3 is 1.94 bits per heavy atom. The summed E-state index contributed by atoms with van der Waals surface area (Å²) in [5, 5.41) is 7.60. The number of hydrogen-bond acceptors (Lipinski definition) is 7. The van der Waals surface area contributed by atoms with Crippen LogP contribution in [0.3, 0.4) is 0 Å². The molecule has 0 saturated heterocycles. The lowest BCUT2D eigenvalue weighted by Crippen LogP contribution is -2.35. The molecule has 12 heteroatoms. The van der Waals surface area contributed by atoms with Gasteiger partial charge in [0.2, 0.25) is 26.0 Å². The molecule has 2 heterocycles. The first-order valence-electron chi connectivity index (χ1n) is 9.59. The van der Waals surface area contributed by atoms with E-state index in [1.165, 1.54) is 32.6 Å². The van der Waals surface area contributed by atoms with E-state index in [4.69, 9.17) is 0 Å². The van der Waals surface area contributed by atoms with Gasteiger partial charge in [-0.05, 0) is 56.9 Å². The second kappa shape index (κ2) is 7.81. The van der Waals surface area contributed by atoms with E-state index >= 15 is 0 Å². The van der Waals surface area contributed by atoms with Gasteiger partial charge in [-0.15, -0.1) is 0 Å². The maximum atomic E-state index is 12.0. The summed E-state index contributed by atoms with van der Waals surface area (Å²) in [6, 6.07) is 13.0. The maximum Gasteiger partial charge on any atom is 0.240 e. The van der Waals surface area contributed by atoms with Gasteiger partial charge >= 0.3 is 0 Å². The fourth-order valence-electron chi connectivity index (χ4n) is 3.49. The van der Waals surface area contributed by atoms with Crippen molar-refractivity contribution in [3.05, 3.63) is 72.1 Å². The summed E-state index contributed by atoms with van der Waals surface area (Å²) in [5.41, 5.74) is 1.54. The predicted molar refractivity (Wildman–Crippen MR) is 120 cm³/mol. The third-order valence-corrected chi connectivity index (χ3v) is 8.20. The lowest BCUT2D eigenvalue weighted by molar-refractivity contribution is 0.586. The molecule has 10 nitrogen and oxygen atoms in total. The first-order valence-corrected chi connectivity index (χ1v) is 12.6. The summed E-state index contributed by atoms with van der Waals surface area (Å²) < 4.78 is 54.4. The van der Waals surface area contributed by atoms with Gasteiger partial charge in [-0.2, -0.15) is 14.8 Å². The van der Waals surface area contributed by atoms with Crippen molar-refractivity contribution < 1.29 is 16.8 Å². The van der Waals surface area contributed by atoms with Crippen molar-refractivity contribution >= 4 is 31.7 Å². The van der Waals surface area contributed by atoms with Crippen LogP contribution >= 0.6 is 0 Å². The number of aromatic nitrogens is 3. The number of sulfonamides is 2. The van der Waals surface area contributed by atoms with Crippen LogP contribution < -0.4 is 14.8 Å². The zero-order valence-electron chi connectivity index (χ0n) is 17.6.